The summed E-state index contributed by atoms with van der Waals surface area (Å²) in [6, 6.07) is 11.3. The van der Waals surface area contributed by atoms with Crippen molar-refractivity contribution in [1.29, 1.82) is 0 Å². The van der Waals surface area contributed by atoms with Crippen LogP contribution in [0.5, 0.6) is 11.5 Å². The topological polar surface area (TPSA) is 91.4 Å². The van der Waals surface area contributed by atoms with Crippen LogP contribution in [-0.4, -0.2) is 43.4 Å². The summed E-state index contributed by atoms with van der Waals surface area (Å²) < 4.78 is 14.8. The minimum Gasteiger partial charge on any atom is -0.493 e. The highest BCUT2D eigenvalue weighted by Gasteiger charge is 2.17. The molecule has 0 bridgehead atoms. The molecule has 4 rings (SSSR count). The number of imidazole rings is 2. The second-order valence-corrected chi connectivity index (χ2v) is 6.61. The predicted octanol–water partition coefficient (Wildman–Crippen LogP) is 3.29. The third-order valence-electron chi connectivity index (χ3n) is 4.70. The Morgan fingerprint density at radius 1 is 1.14 bits per heavy atom. The van der Waals surface area contributed by atoms with Gasteiger partial charge in [0.1, 0.15) is 5.82 Å². The number of carbonyl (C=O) groups is 1. The van der Waals surface area contributed by atoms with Gasteiger partial charge in [0, 0.05) is 30.7 Å². The first-order chi connectivity index (χ1) is 14.0. The molecular formula is C21H20N4O4. The van der Waals surface area contributed by atoms with Crippen LogP contribution in [0.15, 0.2) is 55.1 Å². The first kappa shape index (κ1) is 18.5. The Balaban J connectivity index is 1.73. The van der Waals surface area contributed by atoms with Gasteiger partial charge in [0.25, 0.3) is 0 Å². The summed E-state index contributed by atoms with van der Waals surface area (Å²) in [7, 11) is 3.47. The monoisotopic (exact) mass is 392 g/mol. The van der Waals surface area contributed by atoms with Crippen LogP contribution in [0.2, 0.25) is 0 Å². The molecule has 1 N–H and O–H groups in total. The summed E-state index contributed by atoms with van der Waals surface area (Å²) in [5, 5.41) is 9.07. The van der Waals surface area contributed by atoms with Crippen LogP contribution >= 0.6 is 0 Å². The highest BCUT2D eigenvalue weighted by Crippen LogP contribution is 2.33. The summed E-state index contributed by atoms with van der Waals surface area (Å²) in [5.74, 6) is 0.479. The zero-order valence-electron chi connectivity index (χ0n) is 16.2. The summed E-state index contributed by atoms with van der Waals surface area (Å²) in [5.41, 5.74) is 3.71. The quantitative estimate of drug-likeness (QED) is 0.541. The molecule has 0 saturated heterocycles. The number of ether oxygens (including phenoxy) is 2. The van der Waals surface area contributed by atoms with Gasteiger partial charge >= 0.3 is 5.97 Å². The first-order valence-corrected chi connectivity index (χ1v) is 9.00. The lowest BCUT2D eigenvalue weighted by Gasteiger charge is -2.15. The molecule has 2 aromatic carbocycles. The van der Waals surface area contributed by atoms with E-state index < -0.39 is 12.1 Å². The molecule has 8 heteroatoms. The van der Waals surface area contributed by atoms with Gasteiger partial charge in [-0.1, -0.05) is 0 Å². The van der Waals surface area contributed by atoms with Crippen LogP contribution in [0.25, 0.3) is 28.1 Å². The molecule has 0 aliphatic rings. The molecule has 0 aliphatic heterocycles. The molecule has 0 aliphatic carbocycles. The molecule has 8 nitrogen and oxygen atoms in total. The Hall–Kier alpha value is -3.81. The lowest BCUT2D eigenvalue weighted by atomic mass is 10.1. The van der Waals surface area contributed by atoms with Crippen LogP contribution in [0.3, 0.4) is 0 Å². The van der Waals surface area contributed by atoms with Gasteiger partial charge < -0.3 is 19.1 Å². The van der Waals surface area contributed by atoms with Crippen LogP contribution in [-0.2, 0) is 11.8 Å². The zero-order valence-corrected chi connectivity index (χ0v) is 16.2. The second kappa shape index (κ2) is 7.31. The van der Waals surface area contributed by atoms with Gasteiger partial charge in [-0.2, -0.15) is 0 Å². The molecule has 1 atom stereocenters. The zero-order chi connectivity index (χ0) is 20.5. The van der Waals surface area contributed by atoms with Gasteiger partial charge in [0.2, 0.25) is 0 Å². The predicted molar refractivity (Wildman–Crippen MR) is 108 cm³/mol. The average molecular weight is 392 g/mol. The standard InChI is InChI=1S/C21H20N4O4/c1-13(21(26)27)29-18-7-4-14(10-19(18)28-3)20-22-8-9-25(20)15-5-6-16-17(11-15)24(2)12-23-16/h4-13H,1-3H3,(H,26,27). The number of aliphatic carboxylic acids is 1. The number of benzene rings is 2. The van der Waals surface area contributed by atoms with Gasteiger partial charge in [-0.25, -0.2) is 14.8 Å². The minimum atomic E-state index is -1.04. The molecule has 4 aromatic rings. The van der Waals surface area contributed by atoms with Crippen molar-refractivity contribution >= 4 is 17.0 Å². The van der Waals surface area contributed by atoms with E-state index in [1.807, 2.05) is 40.6 Å². The van der Waals surface area contributed by atoms with Crippen molar-refractivity contribution in [2.24, 2.45) is 7.05 Å². The number of methoxy groups -OCH3 is 1. The van der Waals surface area contributed by atoms with Crippen molar-refractivity contribution in [3.05, 3.63) is 55.1 Å². The number of aromatic nitrogens is 4. The SMILES string of the molecule is COc1cc(-c2nccn2-c2ccc3ncn(C)c3c2)ccc1OC(C)C(=O)O. The van der Waals surface area contributed by atoms with E-state index in [0.717, 1.165) is 28.1 Å². The normalized spacial score (nSPS) is 12.1. The number of hydrogen-bond acceptors (Lipinski definition) is 5. The number of fused-ring (bicyclic) bond motifs is 1. The Morgan fingerprint density at radius 2 is 1.97 bits per heavy atom. The fraction of sp³-hybridized carbons (Fsp3) is 0.190. The molecule has 0 fully saturated rings. The molecule has 148 valence electrons. The maximum absolute atomic E-state index is 11.1. The number of rotatable bonds is 6. The highest BCUT2D eigenvalue weighted by molar-refractivity contribution is 5.78. The number of aryl methyl sites for hydroxylation is 1. The largest absolute Gasteiger partial charge is 0.493 e. The Kier molecular flexibility index (Phi) is 4.67. The van der Waals surface area contributed by atoms with Crippen LogP contribution in [0, 0.1) is 0 Å². The van der Waals surface area contributed by atoms with Gasteiger partial charge in [0.15, 0.2) is 17.6 Å². The maximum atomic E-state index is 11.1. The van der Waals surface area contributed by atoms with Crippen molar-refractivity contribution in [2.75, 3.05) is 7.11 Å². The lowest BCUT2D eigenvalue weighted by Crippen LogP contribution is -2.23. The van der Waals surface area contributed by atoms with Crippen molar-refractivity contribution in [3.63, 3.8) is 0 Å². The van der Waals surface area contributed by atoms with Gasteiger partial charge in [0.05, 0.1) is 24.5 Å². The molecule has 2 aromatic heterocycles. The summed E-state index contributed by atoms with van der Waals surface area (Å²) in [6.45, 7) is 1.47. The Labute approximate surface area is 167 Å². The molecule has 2 heterocycles. The second-order valence-electron chi connectivity index (χ2n) is 6.61. The lowest BCUT2D eigenvalue weighted by molar-refractivity contribution is -0.144. The Bertz CT molecular complexity index is 1190. The van der Waals surface area contributed by atoms with Crippen molar-refractivity contribution in [3.8, 4) is 28.6 Å². The van der Waals surface area contributed by atoms with Crippen LogP contribution in [0.1, 0.15) is 6.92 Å². The average Bonchev–Trinajstić information content (AvgIpc) is 3.35. The van der Waals surface area contributed by atoms with E-state index in [1.54, 1.807) is 24.7 Å². The van der Waals surface area contributed by atoms with Crippen LogP contribution in [0.4, 0.5) is 0 Å². The fourth-order valence-electron chi connectivity index (χ4n) is 3.13. The molecule has 0 radical (unpaired) electrons. The maximum Gasteiger partial charge on any atom is 0.344 e. The summed E-state index contributed by atoms with van der Waals surface area (Å²) in [6.07, 6.45) is 4.41. The fourth-order valence-corrected chi connectivity index (χ4v) is 3.13. The number of carboxylic acid groups (broad SMARTS) is 1. The van der Waals surface area contributed by atoms with E-state index in [2.05, 4.69) is 16.0 Å². The molecule has 0 saturated carbocycles. The van der Waals surface area contributed by atoms with E-state index in [4.69, 9.17) is 14.6 Å². The molecule has 29 heavy (non-hydrogen) atoms. The van der Waals surface area contributed by atoms with Gasteiger partial charge in [-0.15, -0.1) is 0 Å². The molecule has 1 unspecified atom stereocenters. The number of carboxylic acids is 1. The number of nitrogens with zero attached hydrogens (tertiary/aromatic N) is 4. The van der Waals surface area contributed by atoms with E-state index >= 15 is 0 Å². The highest BCUT2D eigenvalue weighted by atomic mass is 16.5. The van der Waals surface area contributed by atoms with Crippen molar-refractivity contribution < 1.29 is 19.4 Å². The van der Waals surface area contributed by atoms with E-state index in [1.165, 1.54) is 14.0 Å². The van der Waals surface area contributed by atoms with Crippen LogP contribution < -0.4 is 9.47 Å². The molecular weight excluding hydrogens is 372 g/mol. The minimum absolute atomic E-state index is 0.362. The van der Waals surface area contributed by atoms with Crippen molar-refractivity contribution in [1.82, 2.24) is 19.1 Å². The van der Waals surface area contributed by atoms with Gasteiger partial charge in [-0.05, 0) is 43.3 Å². The number of hydrogen-bond donors (Lipinski definition) is 1. The van der Waals surface area contributed by atoms with E-state index in [0.29, 0.717) is 11.5 Å². The van der Waals surface area contributed by atoms with Crippen molar-refractivity contribution in [2.45, 2.75) is 13.0 Å². The summed E-state index contributed by atoms with van der Waals surface area (Å²) >= 11 is 0. The van der Waals surface area contributed by atoms with E-state index in [-0.39, 0.29) is 0 Å². The summed E-state index contributed by atoms with van der Waals surface area (Å²) in [4.78, 5) is 19.9. The third-order valence-corrected chi connectivity index (χ3v) is 4.70. The van der Waals surface area contributed by atoms with Gasteiger partial charge in [-0.3, -0.25) is 4.57 Å². The smallest absolute Gasteiger partial charge is 0.344 e. The Morgan fingerprint density at radius 3 is 2.72 bits per heavy atom. The molecule has 0 spiro atoms. The first-order valence-electron chi connectivity index (χ1n) is 9.00. The molecule has 0 amide bonds. The van der Waals surface area contributed by atoms with E-state index in [9.17, 15) is 4.79 Å². The third kappa shape index (κ3) is 3.40.